The van der Waals surface area contributed by atoms with Crippen LogP contribution in [0.4, 0.5) is 5.69 Å². The van der Waals surface area contributed by atoms with Crippen LogP contribution in [-0.4, -0.2) is 29.3 Å². The summed E-state index contributed by atoms with van der Waals surface area (Å²) in [5.41, 5.74) is -0.183. The third-order valence-electron chi connectivity index (χ3n) is 2.36. The van der Waals surface area contributed by atoms with Gasteiger partial charge in [-0.2, -0.15) is 0 Å². The molecular formula is C11H15NO5. The monoisotopic (exact) mass is 241 g/mol. The summed E-state index contributed by atoms with van der Waals surface area (Å²) in [4.78, 5) is 10.3. The largest absolute Gasteiger partial charge is 0.496 e. The predicted molar refractivity (Wildman–Crippen MR) is 61.4 cm³/mol. The molecule has 0 spiro atoms. The molecule has 0 aliphatic carbocycles. The van der Waals surface area contributed by atoms with Crippen LogP contribution in [0.1, 0.15) is 13.8 Å². The molecule has 0 fully saturated rings. The number of hydrogen-bond donors (Lipinski definition) is 1. The molecule has 17 heavy (non-hydrogen) atoms. The predicted octanol–water partition coefficient (Wildman–Crippen LogP) is 1.75. The van der Waals surface area contributed by atoms with Gasteiger partial charge in [-0.3, -0.25) is 10.1 Å². The zero-order valence-electron chi connectivity index (χ0n) is 9.91. The third kappa shape index (κ3) is 3.32. The van der Waals surface area contributed by atoms with Crippen molar-refractivity contribution in [3.63, 3.8) is 0 Å². The van der Waals surface area contributed by atoms with E-state index in [-0.39, 0.29) is 11.4 Å². The first-order valence-electron chi connectivity index (χ1n) is 5.13. The van der Waals surface area contributed by atoms with Crippen LogP contribution in [-0.2, 0) is 0 Å². The van der Waals surface area contributed by atoms with Gasteiger partial charge in [-0.15, -0.1) is 0 Å². The maximum Gasteiger partial charge on any atom is 0.314 e. The van der Waals surface area contributed by atoms with E-state index in [0.717, 1.165) is 0 Å². The van der Waals surface area contributed by atoms with Crippen molar-refractivity contribution in [3.8, 4) is 11.5 Å². The normalized spacial score (nSPS) is 13.9. The molecule has 94 valence electrons. The first kappa shape index (κ1) is 13.2. The second-order valence-electron chi connectivity index (χ2n) is 3.65. The highest BCUT2D eigenvalue weighted by Gasteiger charge is 2.20. The van der Waals surface area contributed by atoms with Gasteiger partial charge < -0.3 is 14.6 Å². The zero-order chi connectivity index (χ0) is 13.0. The summed E-state index contributed by atoms with van der Waals surface area (Å²) >= 11 is 0. The molecule has 1 rings (SSSR count). The van der Waals surface area contributed by atoms with Gasteiger partial charge in [0.25, 0.3) is 0 Å². The quantitative estimate of drug-likeness (QED) is 0.627. The molecule has 0 saturated heterocycles. The van der Waals surface area contributed by atoms with E-state index in [1.165, 1.54) is 19.2 Å². The van der Waals surface area contributed by atoms with E-state index in [1.54, 1.807) is 19.9 Å². The van der Waals surface area contributed by atoms with Crippen molar-refractivity contribution in [2.75, 3.05) is 7.11 Å². The molecule has 6 nitrogen and oxygen atoms in total. The fourth-order valence-corrected chi connectivity index (χ4v) is 1.17. The molecule has 0 saturated carbocycles. The lowest BCUT2D eigenvalue weighted by atomic mass is 10.2. The summed E-state index contributed by atoms with van der Waals surface area (Å²) in [6.45, 7) is 3.19. The number of nitrogens with zero attached hydrogens (tertiary/aromatic N) is 1. The fraction of sp³-hybridized carbons (Fsp3) is 0.455. The van der Waals surface area contributed by atoms with Crippen LogP contribution in [0, 0.1) is 10.1 Å². The first-order chi connectivity index (χ1) is 7.95. The van der Waals surface area contributed by atoms with E-state index < -0.39 is 17.1 Å². The molecular weight excluding hydrogens is 226 g/mol. The summed E-state index contributed by atoms with van der Waals surface area (Å²) in [6, 6.07) is 4.30. The molecule has 1 N–H and O–H groups in total. The molecule has 0 amide bonds. The van der Waals surface area contributed by atoms with Crippen LogP contribution in [0.25, 0.3) is 0 Å². The molecule has 2 atom stereocenters. The molecule has 0 aromatic heterocycles. The van der Waals surface area contributed by atoms with Gasteiger partial charge >= 0.3 is 5.69 Å². The van der Waals surface area contributed by atoms with Crippen LogP contribution in [0.3, 0.4) is 0 Å². The van der Waals surface area contributed by atoms with E-state index in [2.05, 4.69) is 0 Å². The van der Waals surface area contributed by atoms with Crippen LogP contribution >= 0.6 is 0 Å². The van der Waals surface area contributed by atoms with Gasteiger partial charge in [0, 0.05) is 0 Å². The highest BCUT2D eigenvalue weighted by atomic mass is 16.6. The number of nitro benzene ring substituents is 1. The van der Waals surface area contributed by atoms with E-state index in [0.29, 0.717) is 5.75 Å². The standard InChI is InChI=1S/C11H15NO5/c1-7(13)8(2)17-11-5-4-9(16-3)6-10(11)12(14)15/h4-8,13H,1-3H3. The summed E-state index contributed by atoms with van der Waals surface area (Å²) in [7, 11) is 1.43. The summed E-state index contributed by atoms with van der Waals surface area (Å²) in [6.07, 6.45) is -1.24. The molecule has 0 bridgehead atoms. The second kappa shape index (κ2) is 5.49. The Morgan fingerprint density at radius 3 is 2.53 bits per heavy atom. The van der Waals surface area contributed by atoms with Gasteiger partial charge in [0.15, 0.2) is 5.75 Å². The van der Waals surface area contributed by atoms with Gasteiger partial charge in [-0.1, -0.05) is 0 Å². The second-order valence-corrected chi connectivity index (χ2v) is 3.65. The van der Waals surface area contributed by atoms with Gasteiger partial charge in [0.1, 0.15) is 11.9 Å². The Morgan fingerprint density at radius 1 is 1.41 bits per heavy atom. The van der Waals surface area contributed by atoms with E-state index in [9.17, 15) is 15.2 Å². The lowest BCUT2D eigenvalue weighted by Crippen LogP contribution is -2.25. The molecule has 2 unspecified atom stereocenters. The van der Waals surface area contributed by atoms with Gasteiger partial charge in [-0.25, -0.2) is 0 Å². The molecule has 0 aliphatic rings. The van der Waals surface area contributed by atoms with Gasteiger partial charge in [0.2, 0.25) is 0 Å². The van der Waals surface area contributed by atoms with Crippen LogP contribution in [0.5, 0.6) is 11.5 Å². The van der Waals surface area contributed by atoms with Crippen molar-refractivity contribution in [2.24, 2.45) is 0 Å². The maximum absolute atomic E-state index is 10.8. The summed E-state index contributed by atoms with van der Waals surface area (Å²) < 4.78 is 10.2. The number of nitro groups is 1. The molecule has 0 radical (unpaired) electrons. The SMILES string of the molecule is COc1ccc(OC(C)C(C)O)c([N+](=O)[O-])c1. The molecule has 0 aliphatic heterocycles. The number of aliphatic hydroxyl groups excluding tert-OH is 1. The van der Waals surface area contributed by atoms with E-state index >= 15 is 0 Å². The van der Waals surface area contributed by atoms with Crippen molar-refractivity contribution in [3.05, 3.63) is 28.3 Å². The lowest BCUT2D eigenvalue weighted by Gasteiger charge is -2.17. The van der Waals surface area contributed by atoms with Crippen LogP contribution in [0.15, 0.2) is 18.2 Å². The fourth-order valence-electron chi connectivity index (χ4n) is 1.17. The lowest BCUT2D eigenvalue weighted by molar-refractivity contribution is -0.386. The van der Waals surface area contributed by atoms with Gasteiger partial charge in [0.05, 0.1) is 24.2 Å². The Morgan fingerprint density at radius 2 is 2.06 bits per heavy atom. The highest BCUT2D eigenvalue weighted by Crippen LogP contribution is 2.31. The van der Waals surface area contributed by atoms with Crippen molar-refractivity contribution in [1.29, 1.82) is 0 Å². The Balaban J connectivity index is 3.02. The highest BCUT2D eigenvalue weighted by molar-refractivity contribution is 5.51. The Kier molecular flexibility index (Phi) is 4.28. The molecule has 6 heteroatoms. The number of hydrogen-bond acceptors (Lipinski definition) is 5. The summed E-state index contributed by atoms with van der Waals surface area (Å²) in [5, 5.41) is 20.1. The summed E-state index contributed by atoms with van der Waals surface area (Å²) in [5.74, 6) is 0.498. The average molecular weight is 241 g/mol. The number of ether oxygens (including phenoxy) is 2. The van der Waals surface area contributed by atoms with Crippen molar-refractivity contribution in [2.45, 2.75) is 26.1 Å². The van der Waals surface area contributed by atoms with Crippen molar-refractivity contribution in [1.82, 2.24) is 0 Å². The minimum absolute atomic E-state index is 0.115. The number of methoxy groups -OCH3 is 1. The number of benzene rings is 1. The average Bonchev–Trinajstić information content (AvgIpc) is 2.29. The van der Waals surface area contributed by atoms with E-state index in [4.69, 9.17) is 9.47 Å². The zero-order valence-corrected chi connectivity index (χ0v) is 9.91. The molecule has 1 aromatic rings. The molecule has 1 aromatic carbocycles. The smallest absolute Gasteiger partial charge is 0.314 e. The number of aliphatic hydroxyl groups is 1. The van der Waals surface area contributed by atoms with Crippen LogP contribution < -0.4 is 9.47 Å². The third-order valence-corrected chi connectivity index (χ3v) is 2.36. The molecule has 0 heterocycles. The van der Waals surface area contributed by atoms with E-state index in [1.807, 2.05) is 0 Å². The number of rotatable bonds is 5. The van der Waals surface area contributed by atoms with Gasteiger partial charge in [-0.05, 0) is 26.0 Å². The Labute approximate surface area is 98.9 Å². The Bertz CT molecular complexity index is 405. The minimum Gasteiger partial charge on any atom is -0.496 e. The maximum atomic E-state index is 10.8. The van der Waals surface area contributed by atoms with Crippen molar-refractivity contribution < 1.29 is 19.5 Å². The van der Waals surface area contributed by atoms with Crippen LogP contribution in [0.2, 0.25) is 0 Å². The minimum atomic E-state index is -0.711. The Hall–Kier alpha value is -1.82. The topological polar surface area (TPSA) is 81.8 Å². The first-order valence-corrected chi connectivity index (χ1v) is 5.13. The van der Waals surface area contributed by atoms with Crippen molar-refractivity contribution >= 4 is 5.69 Å².